The topological polar surface area (TPSA) is 52.6 Å². The molecule has 0 aliphatic carbocycles. The average molecular weight is 394 g/mol. The van der Waals surface area contributed by atoms with E-state index < -0.39 is 10.1 Å². The van der Waals surface area contributed by atoms with Gasteiger partial charge in [-0.2, -0.15) is 8.42 Å². The van der Waals surface area contributed by atoms with Crippen LogP contribution < -0.4 is 4.74 Å². The Morgan fingerprint density at radius 1 is 0.964 bits per heavy atom. The molecule has 0 spiro atoms. The van der Waals surface area contributed by atoms with Gasteiger partial charge < -0.3 is 4.74 Å². The summed E-state index contributed by atoms with van der Waals surface area (Å²) in [7, 11) is -3.79. The Bertz CT molecular complexity index is 1060. The van der Waals surface area contributed by atoms with E-state index >= 15 is 0 Å². The zero-order chi connectivity index (χ0) is 19.6. The second-order valence-electron chi connectivity index (χ2n) is 7.06. The van der Waals surface area contributed by atoms with Crippen LogP contribution in [0.2, 0.25) is 0 Å². The lowest BCUT2D eigenvalue weighted by atomic mass is 10.0. The Hall–Kier alpha value is -2.63. The van der Waals surface area contributed by atoms with E-state index in [1.807, 2.05) is 37.3 Å². The highest BCUT2D eigenvalue weighted by Gasteiger charge is 2.27. The Kier molecular flexibility index (Phi) is 5.20. The SMILES string of the molecule is Cc1ccc(S(=O)(=O)OCC2Cc3cccc(Cc4ccccc4)c3O2)cc1. The van der Waals surface area contributed by atoms with Gasteiger partial charge in [-0.25, -0.2) is 0 Å². The molecule has 1 atom stereocenters. The molecule has 0 N–H and O–H groups in total. The van der Waals surface area contributed by atoms with Crippen LogP contribution in [0.15, 0.2) is 77.7 Å². The van der Waals surface area contributed by atoms with Crippen molar-refractivity contribution in [3.05, 3.63) is 95.1 Å². The van der Waals surface area contributed by atoms with Crippen LogP contribution in [0.25, 0.3) is 0 Å². The minimum atomic E-state index is -3.79. The molecule has 1 aliphatic heterocycles. The van der Waals surface area contributed by atoms with Crippen molar-refractivity contribution in [1.82, 2.24) is 0 Å². The van der Waals surface area contributed by atoms with Crippen molar-refractivity contribution < 1.29 is 17.3 Å². The van der Waals surface area contributed by atoms with E-state index in [4.69, 9.17) is 8.92 Å². The fourth-order valence-corrected chi connectivity index (χ4v) is 4.33. The van der Waals surface area contributed by atoms with E-state index in [-0.39, 0.29) is 17.6 Å². The van der Waals surface area contributed by atoms with Crippen LogP contribution in [0.5, 0.6) is 5.75 Å². The van der Waals surface area contributed by atoms with Crippen LogP contribution in [0.4, 0.5) is 0 Å². The molecule has 1 aliphatic rings. The molecule has 0 saturated carbocycles. The molecule has 144 valence electrons. The van der Waals surface area contributed by atoms with Gasteiger partial charge >= 0.3 is 0 Å². The molecule has 4 nitrogen and oxygen atoms in total. The zero-order valence-electron chi connectivity index (χ0n) is 15.7. The number of hydrogen-bond donors (Lipinski definition) is 0. The Labute approximate surface area is 165 Å². The lowest BCUT2D eigenvalue weighted by Gasteiger charge is -2.13. The van der Waals surface area contributed by atoms with Gasteiger partial charge in [-0.15, -0.1) is 0 Å². The molecule has 28 heavy (non-hydrogen) atoms. The summed E-state index contributed by atoms with van der Waals surface area (Å²) in [5.41, 5.74) is 4.41. The van der Waals surface area contributed by atoms with Crippen molar-refractivity contribution >= 4 is 10.1 Å². The predicted molar refractivity (Wildman–Crippen MR) is 108 cm³/mol. The largest absolute Gasteiger partial charge is 0.487 e. The molecule has 4 rings (SSSR count). The van der Waals surface area contributed by atoms with E-state index in [9.17, 15) is 8.42 Å². The van der Waals surface area contributed by atoms with Gasteiger partial charge in [0.1, 0.15) is 18.5 Å². The molecule has 0 aromatic heterocycles. The van der Waals surface area contributed by atoms with Crippen molar-refractivity contribution in [2.24, 2.45) is 0 Å². The summed E-state index contributed by atoms with van der Waals surface area (Å²) in [6.07, 6.45) is 1.10. The molecule has 3 aromatic carbocycles. The van der Waals surface area contributed by atoms with Gasteiger partial charge in [0.05, 0.1) is 4.90 Å². The number of para-hydroxylation sites is 1. The molecule has 0 fully saturated rings. The van der Waals surface area contributed by atoms with E-state index in [0.717, 1.165) is 28.9 Å². The van der Waals surface area contributed by atoms with Crippen LogP contribution in [0.3, 0.4) is 0 Å². The summed E-state index contributed by atoms with van der Waals surface area (Å²) in [4.78, 5) is 0.165. The van der Waals surface area contributed by atoms with Gasteiger partial charge in [-0.1, -0.05) is 66.2 Å². The average Bonchev–Trinajstić information content (AvgIpc) is 3.12. The van der Waals surface area contributed by atoms with Crippen molar-refractivity contribution in [3.8, 4) is 5.75 Å². The van der Waals surface area contributed by atoms with Crippen LogP contribution in [0.1, 0.15) is 22.3 Å². The summed E-state index contributed by atoms with van der Waals surface area (Å²) in [5.74, 6) is 0.854. The molecule has 0 bridgehead atoms. The minimum absolute atomic E-state index is 0.00430. The van der Waals surface area contributed by atoms with Gasteiger partial charge in [0.25, 0.3) is 10.1 Å². The van der Waals surface area contributed by atoms with Gasteiger partial charge in [-0.05, 0) is 35.7 Å². The van der Waals surface area contributed by atoms with E-state index in [2.05, 4.69) is 18.2 Å². The van der Waals surface area contributed by atoms with Crippen molar-refractivity contribution in [2.75, 3.05) is 6.61 Å². The normalized spacial score (nSPS) is 15.8. The maximum Gasteiger partial charge on any atom is 0.297 e. The van der Waals surface area contributed by atoms with Gasteiger partial charge in [0, 0.05) is 12.8 Å². The summed E-state index contributed by atoms with van der Waals surface area (Å²) in [6.45, 7) is 1.91. The Morgan fingerprint density at radius 2 is 1.71 bits per heavy atom. The summed E-state index contributed by atoms with van der Waals surface area (Å²) < 4.78 is 36.2. The van der Waals surface area contributed by atoms with E-state index in [1.165, 1.54) is 5.56 Å². The standard InChI is InChI=1S/C23H22O4S/c1-17-10-12-22(13-11-17)28(24,25)26-16-21-15-20-9-5-8-19(23(20)27-21)14-18-6-3-2-4-7-18/h2-13,21H,14-16H2,1H3. The molecule has 3 aromatic rings. The van der Waals surface area contributed by atoms with Gasteiger partial charge in [-0.3, -0.25) is 4.18 Å². The predicted octanol–water partition coefficient (Wildman–Crippen LogP) is 4.29. The molecule has 0 radical (unpaired) electrons. The molecule has 1 heterocycles. The number of rotatable bonds is 6. The number of aryl methyl sites for hydroxylation is 1. The molecule has 0 saturated heterocycles. The van der Waals surface area contributed by atoms with Crippen LogP contribution >= 0.6 is 0 Å². The molecular formula is C23H22O4S. The number of hydrogen-bond acceptors (Lipinski definition) is 4. The molecule has 0 amide bonds. The third kappa shape index (κ3) is 4.11. The van der Waals surface area contributed by atoms with Crippen LogP contribution in [0, 0.1) is 6.92 Å². The lowest BCUT2D eigenvalue weighted by molar-refractivity contribution is 0.151. The second-order valence-corrected chi connectivity index (χ2v) is 8.68. The van der Waals surface area contributed by atoms with Crippen molar-refractivity contribution in [2.45, 2.75) is 30.8 Å². The number of ether oxygens (including phenoxy) is 1. The van der Waals surface area contributed by atoms with Gasteiger partial charge in [0.2, 0.25) is 0 Å². The smallest absolute Gasteiger partial charge is 0.297 e. The highest BCUT2D eigenvalue weighted by atomic mass is 32.2. The van der Waals surface area contributed by atoms with E-state index in [1.54, 1.807) is 24.3 Å². The van der Waals surface area contributed by atoms with Crippen molar-refractivity contribution in [1.29, 1.82) is 0 Å². The zero-order valence-corrected chi connectivity index (χ0v) is 16.5. The first-order valence-corrected chi connectivity index (χ1v) is 10.7. The second kappa shape index (κ2) is 7.78. The molecular weight excluding hydrogens is 372 g/mol. The first-order valence-electron chi connectivity index (χ1n) is 9.29. The summed E-state index contributed by atoms with van der Waals surface area (Å²) >= 11 is 0. The monoisotopic (exact) mass is 394 g/mol. The molecule has 1 unspecified atom stereocenters. The van der Waals surface area contributed by atoms with E-state index in [0.29, 0.717) is 6.42 Å². The fourth-order valence-electron chi connectivity index (χ4n) is 3.39. The maximum atomic E-state index is 12.4. The summed E-state index contributed by atoms with van der Waals surface area (Å²) in [6, 6.07) is 23.0. The summed E-state index contributed by atoms with van der Waals surface area (Å²) in [5, 5.41) is 0. The highest BCUT2D eigenvalue weighted by molar-refractivity contribution is 7.86. The fraction of sp³-hybridized carbons (Fsp3) is 0.217. The maximum absolute atomic E-state index is 12.4. The minimum Gasteiger partial charge on any atom is -0.487 e. The molecule has 5 heteroatoms. The lowest BCUT2D eigenvalue weighted by Crippen LogP contribution is -2.23. The number of benzene rings is 3. The third-order valence-electron chi connectivity index (χ3n) is 4.87. The van der Waals surface area contributed by atoms with Crippen LogP contribution in [-0.2, 0) is 27.1 Å². The first-order chi connectivity index (χ1) is 13.5. The van der Waals surface area contributed by atoms with Crippen LogP contribution in [-0.4, -0.2) is 21.1 Å². The Morgan fingerprint density at radius 3 is 2.46 bits per heavy atom. The van der Waals surface area contributed by atoms with Crippen molar-refractivity contribution in [3.63, 3.8) is 0 Å². The Balaban J connectivity index is 1.44. The first kappa shape index (κ1) is 18.7. The highest BCUT2D eigenvalue weighted by Crippen LogP contribution is 2.34. The van der Waals surface area contributed by atoms with Gasteiger partial charge in [0.15, 0.2) is 0 Å². The third-order valence-corrected chi connectivity index (χ3v) is 6.16. The number of fused-ring (bicyclic) bond motifs is 1. The quantitative estimate of drug-likeness (QED) is 0.585.